The number of ether oxygens (including phenoxy) is 1. The third kappa shape index (κ3) is 38.0. The van der Waals surface area contributed by atoms with Gasteiger partial charge in [-0.3, -0.25) is 14.4 Å². The summed E-state index contributed by atoms with van der Waals surface area (Å²) in [7, 11) is 0. The van der Waals surface area contributed by atoms with Crippen molar-refractivity contribution in [3.8, 4) is 0 Å². The summed E-state index contributed by atoms with van der Waals surface area (Å²) in [6.07, 6.45) is 38.1. The Bertz CT molecular complexity index is 2390. The lowest BCUT2D eigenvalue weighted by Crippen LogP contribution is -2.56. The Balaban J connectivity index is 0.000000377. The monoisotopic (exact) mass is 1330 g/mol. The quantitative estimate of drug-likeness (QED) is 0.0312. The maximum atomic E-state index is 12.3. The maximum absolute atomic E-state index is 12.3. The van der Waals surface area contributed by atoms with Crippen molar-refractivity contribution in [3.63, 3.8) is 0 Å². The number of nitrogens with one attached hydrogen (secondary N) is 3. The average molecular weight is 1330 g/mol. The first kappa shape index (κ1) is 82.7. The van der Waals surface area contributed by atoms with Crippen molar-refractivity contribution in [2.75, 3.05) is 0 Å². The molecule has 93 heavy (non-hydrogen) atoms. The molecule has 1 saturated heterocycles. The van der Waals surface area contributed by atoms with Gasteiger partial charge in [0.25, 0.3) is 0 Å². The topological polar surface area (TPSA) is 370 Å². The van der Waals surface area contributed by atoms with Gasteiger partial charge in [-0.15, -0.1) is 0 Å². The second-order valence-electron chi connectivity index (χ2n) is 23.8. The summed E-state index contributed by atoms with van der Waals surface area (Å²) in [5.74, 6) is -6.23. The summed E-state index contributed by atoms with van der Waals surface area (Å²) in [6.45, 7) is 1.88. The Hall–Kier alpha value is -6.35. The molecule has 7 aliphatic carbocycles. The van der Waals surface area contributed by atoms with Gasteiger partial charge in [0.2, 0.25) is 0 Å². The third-order valence-electron chi connectivity index (χ3n) is 16.5. The Morgan fingerprint density at radius 1 is 0.387 bits per heavy atom. The van der Waals surface area contributed by atoms with E-state index in [0.29, 0.717) is 31.5 Å². The van der Waals surface area contributed by atoms with Crippen LogP contribution in [0.2, 0.25) is 0 Å². The molecule has 0 radical (unpaired) electrons. The van der Waals surface area contributed by atoms with E-state index in [-0.39, 0.29) is 79.9 Å². The van der Waals surface area contributed by atoms with E-state index in [1.54, 1.807) is 22.8 Å². The molecule has 3 amide bonds. The van der Waals surface area contributed by atoms with Crippen LogP contribution >= 0.6 is 0 Å². The highest BCUT2D eigenvalue weighted by molar-refractivity contribution is 5.83. The lowest BCUT2D eigenvalue weighted by Gasteiger charge is -2.30. The highest BCUT2D eigenvalue weighted by Crippen LogP contribution is 2.32. The van der Waals surface area contributed by atoms with Gasteiger partial charge in [0.1, 0.15) is 0 Å². The number of hydrogen-bond donors (Lipinski definition) is 8. The Morgan fingerprint density at radius 3 is 0.935 bits per heavy atom. The van der Waals surface area contributed by atoms with Gasteiger partial charge in [-0.1, -0.05) is 107 Å². The van der Waals surface area contributed by atoms with E-state index in [2.05, 4.69) is 96.2 Å². The average Bonchev–Trinajstić information content (AvgIpc) is 1.83. The lowest BCUT2D eigenvalue weighted by atomic mass is 9.90. The zero-order valence-electron chi connectivity index (χ0n) is 53.3. The van der Waals surface area contributed by atoms with Crippen molar-refractivity contribution in [1.29, 1.82) is 0 Å². The molecular weight excluding hydrogens is 1230 g/mol. The molecule has 0 aromatic rings. The van der Waals surface area contributed by atoms with Crippen LogP contribution in [0.25, 0.3) is 31.3 Å². The van der Waals surface area contributed by atoms with Crippen LogP contribution in [-0.2, 0) is 19.1 Å². The number of carbonyl (C=O) groups excluding carboxylic acids is 3. The van der Waals surface area contributed by atoms with Crippen molar-refractivity contribution in [3.05, 3.63) is 116 Å². The van der Waals surface area contributed by atoms with E-state index >= 15 is 0 Å². The van der Waals surface area contributed by atoms with Crippen molar-refractivity contribution < 1.29 is 63.7 Å². The smallest absolute Gasteiger partial charge is 0.393 e. The number of allylic oxidation sites excluding steroid dienone is 14. The molecular formula is C63H99F9N16O5. The highest BCUT2D eigenvalue weighted by atomic mass is 19.4. The molecule has 0 saturated carbocycles. The molecule has 0 aromatic heterocycles. The lowest BCUT2D eigenvalue weighted by molar-refractivity contribution is -0.176. The van der Waals surface area contributed by atoms with Crippen molar-refractivity contribution in [1.82, 2.24) is 16.0 Å². The minimum Gasteiger partial charge on any atom is -0.393 e. The van der Waals surface area contributed by atoms with Crippen LogP contribution in [0.15, 0.2) is 100 Å². The number of halogens is 9. The van der Waals surface area contributed by atoms with Gasteiger partial charge < -0.3 is 48.7 Å². The first-order valence-electron chi connectivity index (χ1n) is 32.4. The molecule has 21 nitrogen and oxygen atoms in total. The molecule has 0 bridgehead atoms. The van der Waals surface area contributed by atoms with E-state index < -0.39 is 54.4 Å². The van der Waals surface area contributed by atoms with Crippen LogP contribution in [0.1, 0.15) is 187 Å². The molecule has 0 spiro atoms. The summed E-state index contributed by atoms with van der Waals surface area (Å²) >= 11 is 0. The molecule has 8 aliphatic rings. The van der Waals surface area contributed by atoms with Gasteiger partial charge >= 0.3 is 36.3 Å². The third-order valence-corrected chi connectivity index (χ3v) is 16.5. The molecule has 1 aliphatic heterocycles. The molecule has 14 atom stereocenters. The number of nitrogens with two attached hydrogens (primary N) is 4. The fourth-order valence-corrected chi connectivity index (χ4v) is 10.7. The van der Waals surface area contributed by atoms with Gasteiger partial charge in [-0.25, -0.2) is 0 Å². The normalized spacial score (nSPS) is 31.6. The fraction of sp³-hybridized carbons (Fsp3) is 0.730. The van der Waals surface area contributed by atoms with Crippen LogP contribution in [0.4, 0.5) is 39.5 Å². The molecule has 30 heteroatoms. The first-order chi connectivity index (χ1) is 44.2. The van der Waals surface area contributed by atoms with E-state index in [1.165, 1.54) is 25.7 Å². The number of nitrogens with zero attached hydrogens (tertiary/aromatic N) is 9. The van der Waals surface area contributed by atoms with Crippen molar-refractivity contribution >= 4 is 17.7 Å². The highest BCUT2D eigenvalue weighted by Gasteiger charge is 2.44. The van der Waals surface area contributed by atoms with Crippen LogP contribution in [0, 0.1) is 5.92 Å². The van der Waals surface area contributed by atoms with E-state index in [4.69, 9.17) is 44.3 Å². The molecule has 524 valence electrons. The molecule has 1 heterocycles. The van der Waals surface area contributed by atoms with E-state index in [9.17, 15) is 59.0 Å². The number of carbonyl (C=O) groups is 3. The fourth-order valence-electron chi connectivity index (χ4n) is 10.7. The largest absolute Gasteiger partial charge is 0.471 e. The second-order valence-corrected chi connectivity index (χ2v) is 23.8. The minimum atomic E-state index is -5.14. The zero-order chi connectivity index (χ0) is 69.1. The Kier molecular flexibility index (Phi) is 41.5. The number of azide groups is 3. The minimum absolute atomic E-state index is 0.0128. The summed E-state index contributed by atoms with van der Waals surface area (Å²) in [4.78, 5) is 41.0. The summed E-state index contributed by atoms with van der Waals surface area (Å²) < 4.78 is 115. The second kappa shape index (κ2) is 46.7. The zero-order valence-corrected chi connectivity index (χ0v) is 53.3. The van der Waals surface area contributed by atoms with Gasteiger partial charge in [0.05, 0.1) is 24.4 Å². The Morgan fingerprint density at radius 2 is 0.624 bits per heavy atom. The molecule has 0 aromatic carbocycles. The standard InChI is InChI=1S/C12H14F6N2O2.C11H16F3NO.C8H12N6.C8H13N3O.2C8H16N2.C8H12O/c13-11(14,15)9(21)19-7-5-3-1-2-4-6-8(7)20-10(22)12(16,17)18;1-8-6-4-2-3-5-7-9(8)15-10(16)11(12,13)14;9-13-11-7-5-3-1-2-4-6-8(7)12-14-10;9-11-10-7-5-3-1-2-4-6-8(7)12;2*9-7-5-3-1-2-4-6-8(7)10;1-2-4-6-8-7(9-8)5-3-1/h1-2,7-8H,3-6H2,(H,19,21)(H,20,22);2-3,8-9H,4-7H2,1H3,(H,15,16);1-2,7-8H,3-6H2;1-2,7-8,12H,3-6H2;2*1-2,7-8H,3-6,9-10H2;1-2,7-8H,3-6H2/b2-1+;3-2-;2*2-1-;2-1+;2-1-;. The summed E-state index contributed by atoms with van der Waals surface area (Å²) in [6, 6.07) is -2.61. The van der Waals surface area contributed by atoms with Gasteiger partial charge in [0.15, 0.2) is 0 Å². The summed E-state index contributed by atoms with van der Waals surface area (Å²) in [5, 5.41) is 25.8. The van der Waals surface area contributed by atoms with Crippen molar-refractivity contribution in [2.45, 2.75) is 284 Å². The summed E-state index contributed by atoms with van der Waals surface area (Å²) in [5.41, 5.74) is 48.1. The Labute approximate surface area is 540 Å². The first-order valence-corrected chi connectivity index (χ1v) is 32.4. The van der Waals surface area contributed by atoms with Crippen LogP contribution < -0.4 is 38.9 Å². The number of hydrogen-bond acceptors (Lipinski definition) is 12. The van der Waals surface area contributed by atoms with Gasteiger partial charge in [-0.2, -0.15) is 39.5 Å². The number of amides is 3. The SMILES string of the molecule is C1=CCCC2OC2CC1.CC1CC/C=C\CCC1NC(=O)C(F)(F)F.NC1CC/C=C/CCC1N.NC1CC/C=C\CCC1N.O=C(NC1CC/C=C/CCC1NC(=O)C(F)(F)F)C(F)(F)F.[N-]=[N+]=NC1CC/C=C\CCC1N=[N+]=[N-].[N-]=[N+]=NC1CC/C=C\CCC1O. The van der Waals surface area contributed by atoms with E-state index in [1.807, 2.05) is 19.1 Å². The molecule has 8 rings (SSSR count). The van der Waals surface area contributed by atoms with Crippen LogP contribution in [0.3, 0.4) is 0 Å². The van der Waals surface area contributed by atoms with Gasteiger partial charge in [-0.05, 0) is 202 Å². The number of alkyl halides is 9. The van der Waals surface area contributed by atoms with Crippen LogP contribution in [0.5, 0.6) is 0 Å². The van der Waals surface area contributed by atoms with Gasteiger partial charge in [0, 0.05) is 69.1 Å². The number of fused-ring (bicyclic) bond motifs is 1. The van der Waals surface area contributed by atoms with Crippen molar-refractivity contribution in [2.24, 2.45) is 44.2 Å². The van der Waals surface area contributed by atoms with E-state index in [0.717, 1.165) is 109 Å². The molecule has 1 fully saturated rings. The number of epoxide rings is 1. The molecule has 12 N–H and O–H groups in total. The molecule has 14 unspecified atom stereocenters. The number of aliphatic hydroxyl groups is 1. The predicted octanol–water partition coefficient (Wildman–Crippen LogP) is 14.1. The number of aliphatic hydroxyl groups excluding tert-OH is 1. The van der Waals surface area contributed by atoms with Crippen LogP contribution in [-0.4, -0.2) is 120 Å². The maximum Gasteiger partial charge on any atom is 0.471 e. The predicted molar refractivity (Wildman–Crippen MR) is 342 cm³/mol. The number of rotatable bonds is 6.